The van der Waals surface area contributed by atoms with Gasteiger partial charge in [0.1, 0.15) is 0 Å². The summed E-state index contributed by atoms with van der Waals surface area (Å²) in [5.74, 6) is 0. The van der Waals surface area contributed by atoms with Crippen LogP contribution < -0.4 is 54.5 Å². The summed E-state index contributed by atoms with van der Waals surface area (Å²) in [6.45, 7) is 14.5. The molecule has 0 fully saturated rings. The smallest absolute Gasteiger partial charge is 1.00 e. The van der Waals surface area contributed by atoms with Gasteiger partial charge in [0.05, 0.1) is 5.71 Å². The van der Waals surface area contributed by atoms with Crippen molar-refractivity contribution in [1.29, 1.82) is 0 Å². The number of fused-ring (bicyclic) bond motifs is 4. The maximum atomic E-state index is 4.24. The maximum absolute atomic E-state index is 4.24. The molecule has 7 aromatic carbocycles. The van der Waals surface area contributed by atoms with E-state index < -0.39 is 0 Å². The van der Waals surface area contributed by atoms with Crippen LogP contribution in [0.3, 0.4) is 0 Å². The van der Waals surface area contributed by atoms with Crippen LogP contribution in [0.15, 0.2) is 227 Å². The second kappa shape index (κ2) is 28.9. The Balaban J connectivity index is 0.000000305. The van der Waals surface area contributed by atoms with Gasteiger partial charge in [-0.3, -0.25) is 4.99 Å². The summed E-state index contributed by atoms with van der Waals surface area (Å²) >= 11 is 0. The van der Waals surface area contributed by atoms with Crippen LogP contribution in [0.5, 0.6) is 0 Å². The van der Waals surface area contributed by atoms with Crippen molar-refractivity contribution in [2.45, 2.75) is 40.0 Å². The van der Waals surface area contributed by atoms with Gasteiger partial charge in [-0.1, -0.05) is 160 Å². The Bertz CT molecular complexity index is 2920. The van der Waals surface area contributed by atoms with Crippen LogP contribution in [0, 0.1) is 13.8 Å². The van der Waals surface area contributed by atoms with Crippen molar-refractivity contribution in [2.24, 2.45) is 4.99 Å². The fourth-order valence-corrected chi connectivity index (χ4v) is 10.1. The number of nitrogens with zero attached hydrogens (tertiary/aromatic N) is 2. The van der Waals surface area contributed by atoms with Gasteiger partial charge in [-0.05, 0) is 70.4 Å². The normalized spacial score (nSPS) is 12.8. The largest absolute Gasteiger partial charge is 4.00 e. The molecule has 0 unspecified atom stereocenters. The molecule has 2 aliphatic heterocycles. The molecule has 0 radical (unpaired) electrons. The fourth-order valence-electron chi connectivity index (χ4n) is 8.40. The summed E-state index contributed by atoms with van der Waals surface area (Å²) in [7, 11) is -0.578. The van der Waals surface area contributed by atoms with E-state index in [9.17, 15) is 0 Å². The number of aliphatic imine (C=N–C) groups is 1. The summed E-state index contributed by atoms with van der Waals surface area (Å²) in [6, 6.07) is 53.7. The number of hydrogen-bond acceptors (Lipinski definition) is 2. The molecule has 0 saturated heterocycles. The Hall–Kier alpha value is -3.67. The number of anilines is 1. The molecule has 4 aliphatic rings. The summed E-state index contributed by atoms with van der Waals surface area (Å²) in [4.78, 5) is 6.62. The van der Waals surface area contributed by atoms with Gasteiger partial charge in [0.15, 0.2) is 0 Å². The molecule has 0 saturated carbocycles. The minimum absolute atomic E-state index is 0. The molecular weight excluding hydrogens is 1110 g/mol. The van der Waals surface area contributed by atoms with E-state index in [-0.39, 0.29) is 119 Å². The van der Waals surface area contributed by atoms with Crippen LogP contribution in [0.2, 0.25) is 26.2 Å². The number of aryl methyl sites for hydroxylation is 2. The van der Waals surface area contributed by atoms with Gasteiger partial charge in [-0.25, -0.2) is 0 Å². The summed E-state index contributed by atoms with van der Waals surface area (Å²) in [6.07, 6.45) is 15.2. The Kier molecular flexibility index (Phi) is 25.7. The van der Waals surface area contributed by atoms with E-state index in [1.54, 1.807) is 0 Å². The van der Waals surface area contributed by atoms with E-state index >= 15 is 0 Å². The summed E-state index contributed by atoms with van der Waals surface area (Å²) in [5, 5.41) is 5.37. The first-order valence-corrected chi connectivity index (χ1v) is 26.7. The standard InChI is InChI=1S/C16H17NSi.2C16H13.C10H11NSi.4ClH.2Zr/c1-18(2)12-13-10-14-8-9-17(16(14)11-13)15-6-4-3-5-7-15;2*1-12-10-14-8-5-9-15(16(14)11-12)13-6-3-2-4-7-13;1-12(2)7-8-5-9-3-4-11-10(9)6-8;;;;;;/h3-8,10-12H,9H2,1-2H3;2*2-11H,1H3;3-7H,1-2H3;4*1H;;/q;2*-1;;;;;;2*+4/p-4. The first-order chi connectivity index (χ1) is 30.2. The summed E-state index contributed by atoms with van der Waals surface area (Å²) in [5.41, 5.74) is 21.8. The van der Waals surface area contributed by atoms with Gasteiger partial charge in [0, 0.05) is 46.5 Å². The van der Waals surface area contributed by atoms with E-state index in [1.165, 1.54) is 88.6 Å². The van der Waals surface area contributed by atoms with Gasteiger partial charge in [-0.15, -0.1) is 69.1 Å². The number of halogens is 4. The van der Waals surface area contributed by atoms with E-state index in [1.807, 2.05) is 6.20 Å². The maximum Gasteiger partial charge on any atom is 4.00 e. The third-order valence-corrected chi connectivity index (χ3v) is 12.9. The third kappa shape index (κ3) is 15.4. The van der Waals surface area contributed by atoms with Crippen LogP contribution >= 0.6 is 0 Å². The number of para-hydroxylation sites is 1. The molecule has 0 aromatic heterocycles. The zero-order valence-electron chi connectivity index (χ0n) is 39.2. The van der Waals surface area contributed by atoms with Crippen molar-refractivity contribution in [1.82, 2.24) is 0 Å². The zero-order valence-corrected chi connectivity index (χ0v) is 49.2. The molecule has 7 aromatic rings. The average Bonchev–Trinajstić information content (AvgIpc) is 4.13. The molecule has 0 bridgehead atoms. The molecule has 10 heteroatoms. The molecule has 0 amide bonds. The minimum Gasteiger partial charge on any atom is -1.00 e. The van der Waals surface area contributed by atoms with E-state index in [4.69, 9.17) is 0 Å². The molecule has 0 atom stereocenters. The number of rotatable bonds is 5. The predicted octanol–water partition coefficient (Wildman–Crippen LogP) is 2.43. The molecule has 0 spiro atoms. The van der Waals surface area contributed by atoms with Gasteiger partial charge in [-0.2, -0.15) is 12.1 Å². The Labute approximate surface area is 470 Å². The second-order valence-corrected chi connectivity index (χ2v) is 21.6. The molecule has 0 N–H and O–H groups in total. The SMILES string of the molecule is C[Si](C)=CC1=CC2=CCN(c3ccccc3)C2=C1.C[Si](C)=CC1=CC2=NC=CC2=C1.Cc1cc2c(-c3ccccc3)cccc2[cH-]1.Cc1cc2c(-c3ccccc3)cccc2[cH-]1.[Cl-].[Cl-].[Cl-].[Cl-].[Zr+4].[Zr+4]. The quantitative estimate of drug-likeness (QED) is 0.192. The van der Waals surface area contributed by atoms with Crippen molar-refractivity contribution < 1.29 is 102 Å². The minimum atomic E-state index is -0.313. The summed E-state index contributed by atoms with van der Waals surface area (Å²) < 4.78 is 0. The zero-order chi connectivity index (χ0) is 43.0. The van der Waals surface area contributed by atoms with Gasteiger partial charge in [0.25, 0.3) is 0 Å². The molecule has 2 heterocycles. The second-order valence-electron chi connectivity index (χ2n) is 16.7. The monoisotopic (exact) mass is 1150 g/mol. The van der Waals surface area contributed by atoms with Crippen LogP contribution in [0.1, 0.15) is 11.1 Å². The molecule has 68 heavy (non-hydrogen) atoms. The van der Waals surface area contributed by atoms with E-state index in [2.05, 4.69) is 249 Å². The van der Waals surface area contributed by atoms with Crippen molar-refractivity contribution in [3.05, 3.63) is 233 Å². The molecule has 11 rings (SSSR count). The number of benzene rings is 5. The number of allylic oxidation sites excluding steroid dienone is 8. The van der Waals surface area contributed by atoms with Crippen molar-refractivity contribution in [3.8, 4) is 22.3 Å². The third-order valence-electron chi connectivity index (χ3n) is 11.0. The van der Waals surface area contributed by atoms with Gasteiger partial charge >= 0.3 is 52.4 Å². The fraction of sp³-hybridized carbons (Fsp3) is 0.121. The molecule has 2 aliphatic carbocycles. The van der Waals surface area contributed by atoms with Crippen LogP contribution in [0.25, 0.3) is 43.8 Å². The van der Waals surface area contributed by atoms with E-state index in [0.29, 0.717) is 0 Å². The van der Waals surface area contributed by atoms with Crippen LogP contribution in [-0.4, -0.2) is 40.4 Å². The molecular formula is C58H54Cl4N2Si2Zr2+2. The topological polar surface area (TPSA) is 15.6 Å². The first-order valence-electron chi connectivity index (χ1n) is 21.6. The Morgan fingerprint density at radius 2 is 1.00 bits per heavy atom. The van der Waals surface area contributed by atoms with Crippen molar-refractivity contribution in [3.63, 3.8) is 0 Å². The van der Waals surface area contributed by atoms with Crippen LogP contribution in [0.4, 0.5) is 5.69 Å². The predicted molar refractivity (Wildman–Crippen MR) is 277 cm³/mol. The Morgan fingerprint density at radius 3 is 1.47 bits per heavy atom. The van der Waals surface area contributed by atoms with Crippen molar-refractivity contribution >= 4 is 61.1 Å². The van der Waals surface area contributed by atoms with Crippen molar-refractivity contribution in [2.75, 3.05) is 11.4 Å². The average molecular weight is 1160 g/mol. The first kappa shape index (κ1) is 60.5. The van der Waals surface area contributed by atoms with Crippen LogP contribution in [-0.2, 0) is 52.4 Å². The number of hydrogen-bond donors (Lipinski definition) is 0. The molecule has 2 nitrogen and oxygen atoms in total. The van der Waals surface area contributed by atoms with Gasteiger partial charge in [0.2, 0.25) is 0 Å². The molecule has 338 valence electrons. The van der Waals surface area contributed by atoms with Gasteiger partial charge < -0.3 is 54.5 Å². The van der Waals surface area contributed by atoms with E-state index in [0.717, 1.165) is 12.3 Å². The Morgan fingerprint density at radius 1 is 0.529 bits per heavy atom.